The van der Waals surface area contributed by atoms with Crippen LogP contribution in [0.15, 0.2) is 47.6 Å². The fourth-order valence-corrected chi connectivity index (χ4v) is 3.08. The van der Waals surface area contributed by atoms with E-state index in [0.29, 0.717) is 11.5 Å². The highest BCUT2D eigenvalue weighted by Gasteiger charge is 2.33. The Labute approximate surface area is 128 Å². The number of hydrogen-bond donors (Lipinski definition) is 0. The van der Waals surface area contributed by atoms with Crippen molar-refractivity contribution in [2.75, 3.05) is 5.75 Å². The molecule has 0 N–H and O–H groups in total. The van der Waals surface area contributed by atoms with Gasteiger partial charge in [0.2, 0.25) is 0 Å². The molecule has 1 fully saturated rings. The topological polar surface area (TPSA) is 43.1 Å². The van der Waals surface area contributed by atoms with Gasteiger partial charge < -0.3 is 4.52 Å². The molecule has 2 aromatic rings. The second-order valence-corrected chi connectivity index (χ2v) is 6.20. The molecule has 0 bridgehead atoms. The third-order valence-electron chi connectivity index (χ3n) is 3.55. The van der Waals surface area contributed by atoms with Crippen molar-refractivity contribution in [3.8, 4) is 0 Å². The summed E-state index contributed by atoms with van der Waals surface area (Å²) in [5, 5.41) is 3.82. The van der Waals surface area contributed by atoms with E-state index in [1.165, 1.54) is 0 Å². The zero-order valence-corrected chi connectivity index (χ0v) is 12.6. The Hall–Kier alpha value is -1.81. The van der Waals surface area contributed by atoms with E-state index in [-0.39, 0.29) is 5.78 Å². The SMILES string of the molecule is C=CCSCc1ccccc1C(=O)c1cnoc1C1CC1. The Kier molecular flexibility index (Phi) is 4.25. The highest BCUT2D eigenvalue weighted by molar-refractivity contribution is 7.98. The molecule has 0 saturated heterocycles. The Balaban J connectivity index is 1.86. The van der Waals surface area contributed by atoms with Crippen LogP contribution in [0.25, 0.3) is 0 Å². The van der Waals surface area contributed by atoms with Crippen molar-refractivity contribution in [1.82, 2.24) is 5.16 Å². The zero-order valence-electron chi connectivity index (χ0n) is 11.7. The second kappa shape index (κ2) is 6.31. The number of carbonyl (C=O) groups is 1. The number of thioether (sulfide) groups is 1. The van der Waals surface area contributed by atoms with Gasteiger partial charge >= 0.3 is 0 Å². The van der Waals surface area contributed by atoms with Gasteiger partial charge in [-0.1, -0.05) is 35.5 Å². The Morgan fingerprint density at radius 2 is 2.19 bits per heavy atom. The number of carbonyl (C=O) groups excluding carboxylic acids is 1. The summed E-state index contributed by atoms with van der Waals surface area (Å²) in [6.07, 6.45) is 5.61. The number of hydrogen-bond acceptors (Lipinski definition) is 4. The van der Waals surface area contributed by atoms with Gasteiger partial charge in [-0.05, 0) is 18.4 Å². The lowest BCUT2D eigenvalue weighted by Crippen LogP contribution is -2.06. The summed E-state index contributed by atoms with van der Waals surface area (Å²) in [7, 11) is 0. The molecule has 1 heterocycles. The molecule has 1 saturated carbocycles. The smallest absolute Gasteiger partial charge is 0.198 e. The highest BCUT2D eigenvalue weighted by atomic mass is 32.2. The quantitative estimate of drug-likeness (QED) is 0.436. The molecule has 3 rings (SSSR count). The van der Waals surface area contributed by atoms with E-state index in [4.69, 9.17) is 4.52 Å². The van der Waals surface area contributed by atoms with E-state index in [1.807, 2.05) is 30.3 Å². The van der Waals surface area contributed by atoms with Crippen LogP contribution in [0.3, 0.4) is 0 Å². The lowest BCUT2D eigenvalue weighted by Gasteiger charge is -2.07. The first kappa shape index (κ1) is 14.1. The molecule has 21 heavy (non-hydrogen) atoms. The average molecular weight is 299 g/mol. The van der Waals surface area contributed by atoms with E-state index in [9.17, 15) is 4.79 Å². The number of rotatable bonds is 7. The second-order valence-electron chi connectivity index (χ2n) is 5.17. The lowest BCUT2D eigenvalue weighted by atomic mass is 9.99. The van der Waals surface area contributed by atoms with Gasteiger partial charge in [0.25, 0.3) is 0 Å². The number of benzene rings is 1. The summed E-state index contributed by atoms with van der Waals surface area (Å²) < 4.78 is 5.28. The molecule has 4 heteroatoms. The van der Waals surface area contributed by atoms with Crippen LogP contribution in [0.5, 0.6) is 0 Å². The van der Waals surface area contributed by atoms with E-state index in [1.54, 1.807) is 18.0 Å². The highest BCUT2D eigenvalue weighted by Crippen LogP contribution is 2.42. The van der Waals surface area contributed by atoms with E-state index in [2.05, 4.69) is 11.7 Å². The fraction of sp³-hybridized carbons (Fsp3) is 0.294. The average Bonchev–Trinajstić information content (AvgIpc) is 3.24. The first-order valence-corrected chi connectivity index (χ1v) is 8.22. The van der Waals surface area contributed by atoms with Crippen molar-refractivity contribution in [2.24, 2.45) is 0 Å². The molecule has 108 valence electrons. The Bertz CT molecular complexity index is 658. The van der Waals surface area contributed by atoms with Crippen LogP contribution in [-0.2, 0) is 5.75 Å². The molecule has 0 atom stereocenters. The van der Waals surface area contributed by atoms with Gasteiger partial charge in [-0.3, -0.25) is 4.79 Å². The Morgan fingerprint density at radius 3 is 2.95 bits per heavy atom. The molecule has 0 radical (unpaired) electrons. The van der Waals surface area contributed by atoms with Crippen LogP contribution in [0.1, 0.15) is 46.0 Å². The van der Waals surface area contributed by atoms with Crippen molar-refractivity contribution >= 4 is 17.5 Å². The summed E-state index contributed by atoms with van der Waals surface area (Å²) in [5.41, 5.74) is 2.43. The molecule has 1 aliphatic carbocycles. The van der Waals surface area contributed by atoms with Gasteiger partial charge in [0.15, 0.2) is 11.5 Å². The van der Waals surface area contributed by atoms with Gasteiger partial charge in [-0.15, -0.1) is 6.58 Å². The van der Waals surface area contributed by atoms with E-state index in [0.717, 1.165) is 41.2 Å². The van der Waals surface area contributed by atoms with Crippen LogP contribution < -0.4 is 0 Å². The summed E-state index contributed by atoms with van der Waals surface area (Å²) in [6, 6.07) is 7.76. The van der Waals surface area contributed by atoms with Gasteiger partial charge in [-0.25, -0.2) is 0 Å². The number of aromatic nitrogens is 1. The van der Waals surface area contributed by atoms with Crippen molar-refractivity contribution in [2.45, 2.75) is 24.5 Å². The van der Waals surface area contributed by atoms with Gasteiger partial charge in [0.1, 0.15) is 0 Å². The van der Waals surface area contributed by atoms with E-state index < -0.39 is 0 Å². The van der Waals surface area contributed by atoms with Crippen molar-refractivity contribution in [1.29, 1.82) is 0 Å². The molecule has 0 unspecified atom stereocenters. The Morgan fingerprint density at radius 1 is 1.38 bits per heavy atom. The van der Waals surface area contributed by atoms with Gasteiger partial charge in [0, 0.05) is 23.0 Å². The molecule has 1 aliphatic rings. The molecule has 3 nitrogen and oxygen atoms in total. The molecular formula is C17H17NO2S. The number of ketones is 1. The predicted molar refractivity (Wildman–Crippen MR) is 84.7 cm³/mol. The van der Waals surface area contributed by atoms with Crippen LogP contribution in [0.4, 0.5) is 0 Å². The lowest BCUT2D eigenvalue weighted by molar-refractivity contribution is 0.103. The maximum absolute atomic E-state index is 12.8. The summed E-state index contributed by atoms with van der Waals surface area (Å²) >= 11 is 1.75. The normalized spacial score (nSPS) is 14.1. The minimum Gasteiger partial charge on any atom is -0.360 e. The van der Waals surface area contributed by atoms with Crippen molar-refractivity contribution in [3.63, 3.8) is 0 Å². The maximum Gasteiger partial charge on any atom is 0.198 e. The summed E-state index contributed by atoms with van der Waals surface area (Å²) in [5.74, 6) is 2.84. The van der Waals surface area contributed by atoms with Crippen LogP contribution in [0.2, 0.25) is 0 Å². The van der Waals surface area contributed by atoms with Crippen molar-refractivity contribution < 1.29 is 9.32 Å². The summed E-state index contributed by atoms with van der Waals surface area (Å²) in [6.45, 7) is 3.72. The minimum absolute atomic E-state index is 0.0213. The minimum atomic E-state index is 0.0213. The van der Waals surface area contributed by atoms with Crippen LogP contribution >= 0.6 is 11.8 Å². The molecular weight excluding hydrogens is 282 g/mol. The van der Waals surface area contributed by atoms with Crippen LogP contribution in [0, 0.1) is 0 Å². The molecule has 0 aliphatic heterocycles. The molecule has 0 spiro atoms. The fourth-order valence-electron chi connectivity index (χ4n) is 2.32. The number of nitrogens with zero attached hydrogens (tertiary/aromatic N) is 1. The first-order chi connectivity index (χ1) is 10.3. The molecule has 0 amide bonds. The third kappa shape index (κ3) is 3.10. The van der Waals surface area contributed by atoms with Gasteiger partial charge in [0.05, 0.1) is 11.8 Å². The monoisotopic (exact) mass is 299 g/mol. The third-order valence-corrected chi connectivity index (χ3v) is 4.53. The van der Waals surface area contributed by atoms with E-state index >= 15 is 0 Å². The van der Waals surface area contributed by atoms with Crippen molar-refractivity contribution in [3.05, 3.63) is 65.6 Å². The maximum atomic E-state index is 12.8. The summed E-state index contributed by atoms with van der Waals surface area (Å²) in [4.78, 5) is 12.8. The van der Waals surface area contributed by atoms with Crippen LogP contribution in [-0.4, -0.2) is 16.7 Å². The first-order valence-electron chi connectivity index (χ1n) is 7.07. The zero-order chi connectivity index (χ0) is 14.7. The largest absolute Gasteiger partial charge is 0.360 e. The molecule has 1 aromatic heterocycles. The predicted octanol–water partition coefficient (Wildman–Crippen LogP) is 4.20. The standard InChI is InChI=1S/C17H17NO2S/c1-2-9-21-11-13-5-3-4-6-14(13)16(19)15-10-18-20-17(15)12-7-8-12/h2-6,10,12H,1,7-9,11H2. The van der Waals surface area contributed by atoms with Gasteiger partial charge in [-0.2, -0.15) is 11.8 Å². The molecule has 1 aromatic carbocycles.